The minimum Gasteiger partial charge on any atom is -0.495 e. The van der Waals surface area contributed by atoms with Gasteiger partial charge in [0.15, 0.2) is 0 Å². The van der Waals surface area contributed by atoms with Crippen molar-refractivity contribution in [1.82, 2.24) is 9.97 Å². The summed E-state index contributed by atoms with van der Waals surface area (Å²) in [5, 5.41) is 3.15. The van der Waals surface area contributed by atoms with Crippen molar-refractivity contribution >= 4 is 29.1 Å². The fourth-order valence-electron chi connectivity index (χ4n) is 2.52. The van der Waals surface area contributed by atoms with Crippen LogP contribution < -0.4 is 19.7 Å². The molecule has 1 amide bonds. The van der Waals surface area contributed by atoms with Crippen molar-refractivity contribution in [2.24, 2.45) is 0 Å². The van der Waals surface area contributed by atoms with Gasteiger partial charge in [-0.3, -0.25) is 4.79 Å². The van der Waals surface area contributed by atoms with Crippen molar-refractivity contribution in [3.8, 4) is 11.5 Å². The second-order valence-corrected chi connectivity index (χ2v) is 5.92. The van der Waals surface area contributed by atoms with Crippen LogP contribution in [0.2, 0.25) is 5.02 Å². The molecule has 1 fully saturated rings. The lowest BCUT2D eigenvalue weighted by Gasteiger charge is -2.26. The lowest BCUT2D eigenvalue weighted by molar-refractivity contribution is 0.102. The first-order valence-electron chi connectivity index (χ1n) is 8.00. The smallest absolute Gasteiger partial charge is 0.258 e. The Hall–Kier alpha value is -2.58. The molecule has 1 aromatic carbocycles. The SMILES string of the molecule is COc1cc(NC(=O)c2cnc(N3CCOCC3)nc2)c(OC)cc1Cl. The standard InChI is InChI=1S/C17H19ClN4O4/c1-24-14-8-13(15(25-2)7-12(14)18)21-16(23)11-9-19-17(20-10-11)22-3-5-26-6-4-22/h7-10H,3-6H2,1-2H3,(H,21,23). The van der Waals surface area contributed by atoms with Crippen LogP contribution >= 0.6 is 11.6 Å². The largest absolute Gasteiger partial charge is 0.495 e. The van der Waals surface area contributed by atoms with Crippen LogP contribution in [0.1, 0.15) is 10.4 Å². The molecule has 8 nitrogen and oxygen atoms in total. The number of carbonyl (C=O) groups excluding carboxylic acids is 1. The average molecular weight is 379 g/mol. The Morgan fingerprint density at radius 1 is 1.15 bits per heavy atom. The van der Waals surface area contributed by atoms with Crippen LogP contribution in [0, 0.1) is 0 Å². The second kappa shape index (κ2) is 8.20. The highest BCUT2D eigenvalue weighted by atomic mass is 35.5. The third-order valence-electron chi connectivity index (χ3n) is 3.92. The maximum absolute atomic E-state index is 12.5. The van der Waals surface area contributed by atoms with Crippen molar-refractivity contribution in [3.63, 3.8) is 0 Å². The van der Waals surface area contributed by atoms with Crippen molar-refractivity contribution in [2.75, 3.05) is 50.7 Å². The van der Waals surface area contributed by atoms with Crippen molar-refractivity contribution in [2.45, 2.75) is 0 Å². The zero-order valence-electron chi connectivity index (χ0n) is 14.5. The number of morpholine rings is 1. The number of carbonyl (C=O) groups is 1. The normalized spacial score (nSPS) is 14.0. The molecule has 0 bridgehead atoms. The van der Waals surface area contributed by atoms with Crippen LogP contribution in [0.15, 0.2) is 24.5 Å². The van der Waals surface area contributed by atoms with Crippen molar-refractivity contribution in [3.05, 3.63) is 35.1 Å². The van der Waals surface area contributed by atoms with E-state index in [-0.39, 0.29) is 5.91 Å². The van der Waals surface area contributed by atoms with E-state index in [1.807, 2.05) is 4.90 Å². The molecule has 0 saturated carbocycles. The summed E-state index contributed by atoms with van der Waals surface area (Å²) in [5.74, 6) is 1.08. The second-order valence-electron chi connectivity index (χ2n) is 5.51. The Morgan fingerprint density at radius 2 is 1.81 bits per heavy atom. The maximum atomic E-state index is 12.5. The number of hydrogen-bond acceptors (Lipinski definition) is 7. The molecule has 1 N–H and O–H groups in total. The van der Waals surface area contributed by atoms with E-state index in [0.29, 0.717) is 46.9 Å². The van der Waals surface area contributed by atoms with E-state index >= 15 is 0 Å². The van der Waals surface area contributed by atoms with Crippen LogP contribution in [0.5, 0.6) is 11.5 Å². The van der Waals surface area contributed by atoms with Gasteiger partial charge in [-0.1, -0.05) is 11.6 Å². The molecule has 1 aromatic heterocycles. The molecule has 1 aliphatic rings. The topological polar surface area (TPSA) is 85.8 Å². The van der Waals surface area contributed by atoms with Gasteiger partial charge in [0.05, 0.1) is 43.7 Å². The lowest BCUT2D eigenvalue weighted by atomic mass is 10.2. The van der Waals surface area contributed by atoms with Crippen molar-refractivity contribution < 1.29 is 19.0 Å². The Kier molecular flexibility index (Phi) is 5.75. The monoisotopic (exact) mass is 378 g/mol. The first-order valence-corrected chi connectivity index (χ1v) is 8.37. The van der Waals surface area contributed by atoms with Gasteiger partial charge in [-0.05, 0) is 0 Å². The molecule has 0 atom stereocenters. The fraction of sp³-hybridized carbons (Fsp3) is 0.353. The third kappa shape index (κ3) is 3.97. The summed E-state index contributed by atoms with van der Waals surface area (Å²) in [4.78, 5) is 23.1. The first kappa shape index (κ1) is 18.2. The molecular formula is C17H19ClN4O4. The van der Waals surface area contributed by atoms with Crippen LogP contribution in [0.25, 0.3) is 0 Å². The minimum absolute atomic E-state index is 0.331. The lowest BCUT2D eigenvalue weighted by Crippen LogP contribution is -2.37. The molecule has 0 spiro atoms. The Morgan fingerprint density at radius 3 is 2.42 bits per heavy atom. The molecule has 0 radical (unpaired) electrons. The van der Waals surface area contributed by atoms with Gasteiger partial charge in [-0.25, -0.2) is 9.97 Å². The molecule has 26 heavy (non-hydrogen) atoms. The van der Waals surface area contributed by atoms with E-state index in [1.54, 1.807) is 12.1 Å². The van der Waals surface area contributed by atoms with Gasteiger partial charge in [0.25, 0.3) is 5.91 Å². The zero-order chi connectivity index (χ0) is 18.5. The van der Waals surface area contributed by atoms with Crippen LogP contribution in [0.3, 0.4) is 0 Å². The number of aromatic nitrogens is 2. The molecule has 9 heteroatoms. The van der Waals surface area contributed by atoms with Gasteiger partial charge >= 0.3 is 0 Å². The number of rotatable bonds is 5. The zero-order valence-corrected chi connectivity index (χ0v) is 15.2. The van der Waals surface area contributed by atoms with Crippen LogP contribution in [-0.2, 0) is 4.74 Å². The van der Waals surface area contributed by atoms with E-state index in [1.165, 1.54) is 26.6 Å². The molecule has 0 aliphatic carbocycles. The maximum Gasteiger partial charge on any atom is 0.258 e. The first-order chi connectivity index (χ1) is 12.6. The van der Waals surface area contributed by atoms with Gasteiger partial charge in [0, 0.05) is 37.6 Å². The van der Waals surface area contributed by atoms with Crippen LogP contribution in [0.4, 0.5) is 11.6 Å². The van der Waals surface area contributed by atoms with Gasteiger partial charge < -0.3 is 24.4 Å². The summed E-state index contributed by atoms with van der Waals surface area (Å²) >= 11 is 6.07. The minimum atomic E-state index is -0.360. The van der Waals surface area contributed by atoms with E-state index in [9.17, 15) is 4.79 Å². The number of halogens is 1. The summed E-state index contributed by atoms with van der Waals surface area (Å²) in [6, 6.07) is 3.18. The number of methoxy groups -OCH3 is 2. The van der Waals surface area contributed by atoms with E-state index in [0.717, 1.165) is 13.1 Å². The van der Waals surface area contributed by atoms with Gasteiger partial charge in [0.2, 0.25) is 5.95 Å². The summed E-state index contributed by atoms with van der Waals surface area (Å²) in [7, 11) is 2.99. The Labute approximate surface area is 156 Å². The predicted octanol–water partition coefficient (Wildman–Crippen LogP) is 2.24. The van der Waals surface area contributed by atoms with E-state index in [4.69, 9.17) is 25.8 Å². The molecule has 2 aromatic rings. The summed E-state index contributed by atoms with van der Waals surface area (Å²) < 4.78 is 15.7. The number of nitrogens with zero attached hydrogens (tertiary/aromatic N) is 3. The number of anilines is 2. The van der Waals surface area contributed by atoms with E-state index in [2.05, 4.69) is 15.3 Å². The summed E-state index contributed by atoms with van der Waals surface area (Å²) in [6.45, 7) is 2.74. The highest BCUT2D eigenvalue weighted by Crippen LogP contribution is 2.36. The molecule has 138 valence electrons. The predicted molar refractivity (Wildman–Crippen MR) is 97.6 cm³/mol. The number of hydrogen-bond donors (Lipinski definition) is 1. The average Bonchev–Trinajstić information content (AvgIpc) is 2.69. The third-order valence-corrected chi connectivity index (χ3v) is 4.21. The number of nitrogens with one attached hydrogen (secondary N) is 1. The van der Waals surface area contributed by atoms with Gasteiger partial charge in [0.1, 0.15) is 11.5 Å². The Balaban J connectivity index is 1.75. The summed E-state index contributed by atoms with van der Waals surface area (Å²) in [5.41, 5.74) is 0.772. The van der Waals surface area contributed by atoms with Crippen LogP contribution in [-0.4, -0.2) is 56.4 Å². The highest BCUT2D eigenvalue weighted by Gasteiger charge is 2.17. The molecule has 1 aliphatic heterocycles. The van der Waals surface area contributed by atoms with Gasteiger partial charge in [-0.15, -0.1) is 0 Å². The summed E-state index contributed by atoms with van der Waals surface area (Å²) in [6.07, 6.45) is 2.99. The van der Waals surface area contributed by atoms with Gasteiger partial charge in [-0.2, -0.15) is 0 Å². The number of amides is 1. The molecule has 1 saturated heterocycles. The molecule has 0 unspecified atom stereocenters. The van der Waals surface area contributed by atoms with Crippen molar-refractivity contribution in [1.29, 1.82) is 0 Å². The molecule has 2 heterocycles. The number of benzene rings is 1. The molecular weight excluding hydrogens is 360 g/mol. The molecule has 3 rings (SSSR count). The Bertz CT molecular complexity index is 779. The highest BCUT2D eigenvalue weighted by molar-refractivity contribution is 6.32. The fourth-order valence-corrected chi connectivity index (χ4v) is 2.75. The number of ether oxygens (including phenoxy) is 3. The quantitative estimate of drug-likeness (QED) is 0.853. The van der Waals surface area contributed by atoms with E-state index < -0.39 is 0 Å².